The van der Waals surface area contributed by atoms with Crippen LogP contribution in [0.25, 0.3) is 11.9 Å². The van der Waals surface area contributed by atoms with Crippen molar-refractivity contribution in [2.24, 2.45) is 0 Å². The Balaban J connectivity index is 2.46. The highest BCUT2D eigenvalue weighted by molar-refractivity contribution is 5.43. The number of pyridine rings is 1. The summed E-state index contributed by atoms with van der Waals surface area (Å²) in [6, 6.07) is 7.71. The van der Waals surface area contributed by atoms with Gasteiger partial charge < -0.3 is 0 Å². The largest absolute Gasteiger partial charge is 0.229 e. The van der Waals surface area contributed by atoms with Crippen molar-refractivity contribution in [1.82, 2.24) is 14.8 Å². The number of aryl methyl sites for hydroxylation is 1. The van der Waals surface area contributed by atoms with Crippen LogP contribution in [0.15, 0.2) is 37.0 Å². The molecule has 0 aliphatic carbocycles. The van der Waals surface area contributed by atoms with Crippen molar-refractivity contribution in [2.45, 2.75) is 6.92 Å². The quantitative estimate of drug-likeness (QED) is 0.718. The molecule has 0 saturated carbocycles. The molecule has 0 atom stereocenters. The minimum absolute atomic E-state index is 0.815. The summed E-state index contributed by atoms with van der Waals surface area (Å²) < 4.78 is 1.75. The molecule has 0 unspecified atom stereocenters. The lowest BCUT2D eigenvalue weighted by atomic mass is 10.3. The van der Waals surface area contributed by atoms with Crippen LogP contribution in [0.2, 0.25) is 0 Å². The molecule has 2 aromatic rings. The van der Waals surface area contributed by atoms with Crippen LogP contribution in [0.1, 0.15) is 11.4 Å². The van der Waals surface area contributed by atoms with Gasteiger partial charge in [0.15, 0.2) is 5.82 Å². The molecule has 3 nitrogen and oxygen atoms in total. The molecule has 0 fully saturated rings. The summed E-state index contributed by atoms with van der Waals surface area (Å²) in [5.41, 5.74) is 1.84. The molecule has 3 heteroatoms. The van der Waals surface area contributed by atoms with Gasteiger partial charge in [-0.3, -0.25) is 0 Å². The van der Waals surface area contributed by atoms with Gasteiger partial charge >= 0.3 is 0 Å². The van der Waals surface area contributed by atoms with Crippen LogP contribution in [0.4, 0.5) is 0 Å². The maximum atomic E-state index is 4.36. The van der Waals surface area contributed by atoms with Crippen LogP contribution in [-0.2, 0) is 0 Å². The lowest BCUT2D eigenvalue weighted by molar-refractivity contribution is 0.831. The lowest BCUT2D eigenvalue weighted by Gasteiger charge is -2.00. The molecule has 70 valence electrons. The average Bonchev–Trinajstić information content (AvgIpc) is 2.65. The predicted molar refractivity (Wildman–Crippen MR) is 56.2 cm³/mol. The summed E-state index contributed by atoms with van der Waals surface area (Å²) in [5, 5.41) is 4.28. The summed E-state index contributed by atoms with van der Waals surface area (Å²) in [7, 11) is 0. The van der Waals surface area contributed by atoms with Gasteiger partial charge in [-0.2, -0.15) is 5.10 Å². The molecule has 0 bridgehead atoms. The fourth-order valence-corrected chi connectivity index (χ4v) is 1.22. The van der Waals surface area contributed by atoms with Crippen LogP contribution >= 0.6 is 0 Å². The topological polar surface area (TPSA) is 30.7 Å². The zero-order chi connectivity index (χ0) is 9.97. The van der Waals surface area contributed by atoms with Crippen molar-refractivity contribution in [3.63, 3.8) is 0 Å². The second-order valence-corrected chi connectivity index (χ2v) is 3.03. The van der Waals surface area contributed by atoms with Gasteiger partial charge in [0.2, 0.25) is 0 Å². The van der Waals surface area contributed by atoms with Crippen LogP contribution < -0.4 is 0 Å². The smallest absolute Gasteiger partial charge is 0.153 e. The Labute approximate surface area is 82.7 Å². The lowest BCUT2D eigenvalue weighted by Crippen LogP contribution is -1.98. The first-order valence-electron chi connectivity index (χ1n) is 4.42. The van der Waals surface area contributed by atoms with E-state index in [2.05, 4.69) is 16.7 Å². The molecular formula is C11H11N3. The van der Waals surface area contributed by atoms with E-state index in [9.17, 15) is 0 Å². The van der Waals surface area contributed by atoms with Crippen molar-refractivity contribution in [1.29, 1.82) is 0 Å². The van der Waals surface area contributed by atoms with Crippen LogP contribution in [0.5, 0.6) is 0 Å². The summed E-state index contributed by atoms with van der Waals surface area (Å²) in [5.74, 6) is 0.815. The van der Waals surface area contributed by atoms with E-state index >= 15 is 0 Å². The standard InChI is InChI=1S/C11H11N3/c1-3-10-5-4-6-11(12-10)14-8-7-9(2)13-14/h3-8H,1H2,2H3. The zero-order valence-electron chi connectivity index (χ0n) is 8.01. The molecule has 0 radical (unpaired) electrons. The third-order valence-corrected chi connectivity index (χ3v) is 1.92. The van der Waals surface area contributed by atoms with E-state index in [1.807, 2.05) is 37.4 Å². The predicted octanol–water partition coefficient (Wildman–Crippen LogP) is 2.22. The zero-order valence-corrected chi connectivity index (χ0v) is 8.01. The maximum absolute atomic E-state index is 4.36. The van der Waals surface area contributed by atoms with Gasteiger partial charge in [-0.05, 0) is 31.2 Å². The molecule has 2 rings (SSSR count). The summed E-state index contributed by atoms with van der Waals surface area (Å²) in [4.78, 5) is 4.36. The van der Waals surface area contributed by atoms with E-state index in [4.69, 9.17) is 0 Å². The molecule has 0 N–H and O–H groups in total. The van der Waals surface area contributed by atoms with Crippen molar-refractivity contribution in [2.75, 3.05) is 0 Å². The fourth-order valence-electron chi connectivity index (χ4n) is 1.22. The Bertz CT molecular complexity index is 457. The second kappa shape index (κ2) is 3.46. The molecule has 0 aliphatic heterocycles. The molecular weight excluding hydrogens is 174 g/mol. The number of hydrogen-bond acceptors (Lipinski definition) is 2. The monoisotopic (exact) mass is 185 g/mol. The Kier molecular flexibility index (Phi) is 2.14. The van der Waals surface area contributed by atoms with Gasteiger partial charge in [-0.15, -0.1) is 0 Å². The molecule has 2 aromatic heterocycles. The highest BCUT2D eigenvalue weighted by atomic mass is 15.3. The van der Waals surface area contributed by atoms with E-state index in [1.54, 1.807) is 10.8 Å². The third kappa shape index (κ3) is 1.57. The van der Waals surface area contributed by atoms with Crippen molar-refractivity contribution in [3.8, 4) is 5.82 Å². The first-order valence-corrected chi connectivity index (χ1v) is 4.42. The van der Waals surface area contributed by atoms with Gasteiger partial charge in [0.05, 0.1) is 11.4 Å². The number of aromatic nitrogens is 3. The summed E-state index contributed by atoms with van der Waals surface area (Å²) in [6.45, 7) is 5.63. The Hall–Kier alpha value is -1.90. The molecule has 0 aliphatic rings. The highest BCUT2D eigenvalue weighted by Crippen LogP contribution is 2.06. The van der Waals surface area contributed by atoms with Crippen molar-refractivity contribution < 1.29 is 0 Å². The highest BCUT2D eigenvalue weighted by Gasteiger charge is 1.98. The molecule has 0 amide bonds. The first-order chi connectivity index (χ1) is 6.79. The number of rotatable bonds is 2. The summed E-state index contributed by atoms with van der Waals surface area (Å²) in [6.07, 6.45) is 3.62. The Morgan fingerprint density at radius 3 is 2.86 bits per heavy atom. The molecule has 14 heavy (non-hydrogen) atoms. The average molecular weight is 185 g/mol. The fraction of sp³-hybridized carbons (Fsp3) is 0.0909. The van der Waals surface area contributed by atoms with E-state index in [1.165, 1.54) is 0 Å². The van der Waals surface area contributed by atoms with Crippen LogP contribution in [-0.4, -0.2) is 14.8 Å². The van der Waals surface area contributed by atoms with Gasteiger partial charge in [-0.25, -0.2) is 9.67 Å². The van der Waals surface area contributed by atoms with Gasteiger partial charge in [-0.1, -0.05) is 12.6 Å². The van der Waals surface area contributed by atoms with Gasteiger partial charge in [0.1, 0.15) is 0 Å². The van der Waals surface area contributed by atoms with E-state index < -0.39 is 0 Å². The Morgan fingerprint density at radius 2 is 2.21 bits per heavy atom. The third-order valence-electron chi connectivity index (χ3n) is 1.92. The maximum Gasteiger partial charge on any atom is 0.153 e. The molecule has 0 spiro atoms. The molecule has 0 saturated heterocycles. The second-order valence-electron chi connectivity index (χ2n) is 3.03. The number of nitrogens with zero attached hydrogens (tertiary/aromatic N) is 3. The van der Waals surface area contributed by atoms with Crippen molar-refractivity contribution >= 4 is 6.08 Å². The first kappa shape index (κ1) is 8.69. The van der Waals surface area contributed by atoms with Crippen LogP contribution in [0, 0.1) is 6.92 Å². The van der Waals surface area contributed by atoms with E-state index in [0.717, 1.165) is 17.2 Å². The Morgan fingerprint density at radius 1 is 1.36 bits per heavy atom. The van der Waals surface area contributed by atoms with Crippen LogP contribution in [0.3, 0.4) is 0 Å². The van der Waals surface area contributed by atoms with Gasteiger partial charge in [0.25, 0.3) is 0 Å². The van der Waals surface area contributed by atoms with E-state index in [0.29, 0.717) is 0 Å². The number of hydrogen-bond donors (Lipinski definition) is 0. The molecule has 2 heterocycles. The SMILES string of the molecule is C=Cc1cccc(-n2ccc(C)n2)n1. The minimum atomic E-state index is 0.815. The minimum Gasteiger partial charge on any atom is -0.229 e. The molecule has 0 aromatic carbocycles. The normalized spacial score (nSPS) is 10.1. The van der Waals surface area contributed by atoms with Crippen molar-refractivity contribution in [3.05, 3.63) is 48.4 Å². The van der Waals surface area contributed by atoms with E-state index in [-0.39, 0.29) is 0 Å². The summed E-state index contributed by atoms with van der Waals surface area (Å²) >= 11 is 0. The van der Waals surface area contributed by atoms with Gasteiger partial charge in [0, 0.05) is 6.20 Å².